The van der Waals surface area contributed by atoms with Crippen LogP contribution in [0.3, 0.4) is 0 Å². The molecule has 3 atom stereocenters. The molecule has 1 heterocycles. The third-order valence-electron chi connectivity index (χ3n) is 2.29. The monoisotopic (exact) mass is 193 g/mol. The SMILES string of the molecule is C[P+](=O)OCC(O)C1C[N+]1(C)C. The van der Waals surface area contributed by atoms with Crippen LogP contribution in [0.1, 0.15) is 0 Å². The molecule has 1 N–H and O–H groups in total. The maximum Gasteiger partial charge on any atom is 0.504 e. The highest BCUT2D eigenvalue weighted by Gasteiger charge is 2.52. The van der Waals surface area contributed by atoms with Crippen molar-refractivity contribution in [1.29, 1.82) is 0 Å². The molecule has 70 valence electrons. The summed E-state index contributed by atoms with van der Waals surface area (Å²) in [5.41, 5.74) is 0. The molecule has 0 radical (unpaired) electrons. The number of hydrogen-bond acceptors (Lipinski definition) is 3. The Kier molecular flexibility index (Phi) is 2.84. The van der Waals surface area contributed by atoms with Gasteiger partial charge in [0.1, 0.15) is 19.3 Å². The second kappa shape index (κ2) is 3.38. The second-order valence-corrected chi connectivity index (χ2v) is 4.97. The van der Waals surface area contributed by atoms with E-state index in [0.29, 0.717) is 0 Å². The van der Waals surface area contributed by atoms with E-state index >= 15 is 0 Å². The zero-order chi connectivity index (χ0) is 9.35. The average Bonchev–Trinajstić information content (AvgIpc) is 2.55. The fourth-order valence-corrected chi connectivity index (χ4v) is 1.68. The Morgan fingerprint density at radius 2 is 2.25 bits per heavy atom. The van der Waals surface area contributed by atoms with Crippen molar-refractivity contribution in [3.8, 4) is 0 Å². The second-order valence-electron chi connectivity index (χ2n) is 3.83. The summed E-state index contributed by atoms with van der Waals surface area (Å²) in [6.45, 7) is 2.66. The van der Waals surface area contributed by atoms with Crippen molar-refractivity contribution in [1.82, 2.24) is 0 Å². The van der Waals surface area contributed by atoms with Crippen LogP contribution in [0.2, 0.25) is 0 Å². The third-order valence-corrected chi connectivity index (χ3v) is 2.81. The average molecular weight is 193 g/mol. The summed E-state index contributed by atoms with van der Waals surface area (Å²) in [6, 6.07) is 0.264. The minimum Gasteiger partial charge on any atom is -0.384 e. The Balaban J connectivity index is 2.22. The molecule has 12 heavy (non-hydrogen) atoms. The van der Waals surface area contributed by atoms with Gasteiger partial charge in [0, 0.05) is 0 Å². The van der Waals surface area contributed by atoms with Gasteiger partial charge < -0.3 is 9.59 Å². The first-order valence-corrected chi connectivity index (χ1v) is 5.60. The van der Waals surface area contributed by atoms with Gasteiger partial charge in [0.05, 0.1) is 14.1 Å². The van der Waals surface area contributed by atoms with Crippen LogP contribution >= 0.6 is 8.03 Å². The molecule has 0 aromatic heterocycles. The molecule has 0 aromatic carbocycles. The van der Waals surface area contributed by atoms with Crippen LogP contribution in [0.5, 0.6) is 0 Å². The fourth-order valence-electron chi connectivity index (χ4n) is 1.31. The maximum absolute atomic E-state index is 10.6. The highest BCUT2D eigenvalue weighted by molar-refractivity contribution is 7.38. The number of aliphatic hydroxyl groups is 1. The summed E-state index contributed by atoms with van der Waals surface area (Å²) >= 11 is 0. The normalized spacial score (nSPS) is 29.7. The van der Waals surface area contributed by atoms with Gasteiger partial charge in [-0.25, -0.2) is 0 Å². The number of quaternary nitrogens is 1. The topological polar surface area (TPSA) is 46.5 Å². The molecule has 1 saturated heterocycles. The summed E-state index contributed by atoms with van der Waals surface area (Å²) in [5.74, 6) is 0. The van der Waals surface area contributed by atoms with Crippen molar-refractivity contribution in [3.05, 3.63) is 0 Å². The summed E-state index contributed by atoms with van der Waals surface area (Å²) in [7, 11) is 2.53. The maximum atomic E-state index is 10.6. The Hall–Kier alpha value is -0.0200. The lowest BCUT2D eigenvalue weighted by molar-refractivity contribution is -0.772. The lowest BCUT2D eigenvalue weighted by atomic mass is 10.3. The van der Waals surface area contributed by atoms with Crippen LogP contribution in [0.15, 0.2) is 0 Å². The predicted octanol–water partition coefficient (Wildman–Crippen LogP) is 0.195. The highest BCUT2D eigenvalue weighted by Crippen LogP contribution is 2.28. The molecular formula is C7H16NO3P+2. The third kappa shape index (κ3) is 2.49. The van der Waals surface area contributed by atoms with Gasteiger partial charge in [0.15, 0.2) is 12.7 Å². The Labute approximate surface area is 73.6 Å². The van der Waals surface area contributed by atoms with E-state index in [1.54, 1.807) is 0 Å². The summed E-state index contributed by atoms with van der Waals surface area (Å²) in [6.07, 6.45) is -0.473. The molecule has 1 aliphatic rings. The van der Waals surface area contributed by atoms with Crippen molar-refractivity contribution >= 4 is 8.03 Å². The summed E-state index contributed by atoms with van der Waals surface area (Å²) < 4.78 is 16.2. The zero-order valence-electron chi connectivity index (χ0n) is 7.73. The highest BCUT2D eigenvalue weighted by atomic mass is 31.1. The molecule has 5 heteroatoms. The van der Waals surface area contributed by atoms with Crippen molar-refractivity contribution in [2.45, 2.75) is 12.1 Å². The first-order valence-electron chi connectivity index (χ1n) is 3.98. The molecule has 0 bridgehead atoms. The minimum atomic E-state index is -1.58. The van der Waals surface area contributed by atoms with Crippen molar-refractivity contribution in [2.24, 2.45) is 0 Å². The zero-order valence-corrected chi connectivity index (χ0v) is 8.62. The van der Waals surface area contributed by atoms with Crippen molar-refractivity contribution < 1.29 is 18.7 Å². The number of rotatable bonds is 4. The lowest BCUT2D eigenvalue weighted by Gasteiger charge is -2.08. The molecule has 1 fully saturated rings. The van der Waals surface area contributed by atoms with E-state index in [1.165, 1.54) is 6.66 Å². The fraction of sp³-hybridized carbons (Fsp3) is 1.00. The van der Waals surface area contributed by atoms with Crippen molar-refractivity contribution in [2.75, 3.05) is 33.9 Å². The van der Waals surface area contributed by atoms with E-state index in [2.05, 4.69) is 14.1 Å². The van der Waals surface area contributed by atoms with Gasteiger partial charge in [0.2, 0.25) is 0 Å². The van der Waals surface area contributed by atoms with Crippen LogP contribution in [0.4, 0.5) is 0 Å². The summed E-state index contributed by atoms with van der Waals surface area (Å²) in [4.78, 5) is 0. The van der Waals surface area contributed by atoms with E-state index in [9.17, 15) is 9.67 Å². The molecule has 0 amide bonds. The molecule has 1 rings (SSSR count). The lowest BCUT2D eigenvalue weighted by Crippen LogP contribution is -2.29. The van der Waals surface area contributed by atoms with Gasteiger partial charge in [-0.2, -0.15) is 0 Å². The Bertz CT molecular complexity index is 195. The van der Waals surface area contributed by atoms with Gasteiger partial charge in [0.25, 0.3) is 0 Å². The van der Waals surface area contributed by atoms with Gasteiger partial charge in [-0.15, -0.1) is 4.52 Å². The van der Waals surface area contributed by atoms with Crippen LogP contribution < -0.4 is 0 Å². The Morgan fingerprint density at radius 1 is 1.75 bits per heavy atom. The van der Waals surface area contributed by atoms with E-state index < -0.39 is 14.1 Å². The largest absolute Gasteiger partial charge is 0.504 e. The first-order chi connectivity index (χ1) is 5.43. The molecule has 1 aliphatic heterocycles. The standard InChI is InChI=1S/C7H16NO3P/c1-8(2)4-6(8)7(9)5-11-12(3)10/h6-7,9H,4-5H2,1-3H3/q+2. The minimum absolute atomic E-state index is 0.193. The first kappa shape index (κ1) is 10.1. The molecule has 4 nitrogen and oxygen atoms in total. The van der Waals surface area contributed by atoms with Crippen molar-refractivity contribution in [3.63, 3.8) is 0 Å². The van der Waals surface area contributed by atoms with Crippen LogP contribution in [-0.4, -0.2) is 55.6 Å². The molecule has 0 aromatic rings. The van der Waals surface area contributed by atoms with E-state index in [-0.39, 0.29) is 12.6 Å². The summed E-state index contributed by atoms with van der Waals surface area (Å²) in [5, 5.41) is 9.50. The van der Waals surface area contributed by atoms with E-state index in [0.717, 1.165) is 11.0 Å². The van der Waals surface area contributed by atoms with Gasteiger partial charge in [-0.3, -0.25) is 0 Å². The van der Waals surface area contributed by atoms with E-state index in [4.69, 9.17) is 4.52 Å². The number of likely N-dealkylation sites (N-methyl/N-ethyl adjacent to an activating group) is 1. The van der Waals surface area contributed by atoms with Gasteiger partial charge in [-0.1, -0.05) is 0 Å². The number of nitrogens with zero attached hydrogens (tertiary/aromatic N) is 1. The number of hydrogen-bond donors (Lipinski definition) is 1. The number of aliphatic hydroxyl groups excluding tert-OH is 1. The molecule has 0 spiro atoms. The molecular weight excluding hydrogens is 177 g/mol. The molecule has 0 aliphatic carbocycles. The quantitative estimate of drug-likeness (QED) is 0.394. The predicted molar refractivity (Wildman–Crippen MR) is 46.3 cm³/mol. The van der Waals surface area contributed by atoms with E-state index in [1.807, 2.05) is 0 Å². The Morgan fingerprint density at radius 3 is 2.58 bits per heavy atom. The van der Waals surface area contributed by atoms with Gasteiger partial charge >= 0.3 is 8.03 Å². The van der Waals surface area contributed by atoms with Gasteiger partial charge in [-0.05, 0) is 4.57 Å². The smallest absolute Gasteiger partial charge is 0.384 e. The molecule has 3 unspecified atom stereocenters. The van der Waals surface area contributed by atoms with Crippen LogP contribution in [0.25, 0.3) is 0 Å². The molecule has 0 saturated carbocycles. The van der Waals surface area contributed by atoms with Crippen LogP contribution in [0, 0.1) is 0 Å². The van der Waals surface area contributed by atoms with Crippen LogP contribution in [-0.2, 0) is 9.09 Å².